The van der Waals surface area contributed by atoms with Crippen LogP contribution in [0, 0.1) is 12.3 Å². The summed E-state index contributed by atoms with van der Waals surface area (Å²) in [6.45, 7) is 20.8. The van der Waals surface area contributed by atoms with Crippen molar-refractivity contribution in [2.75, 3.05) is 39.3 Å². The SMILES string of the molecule is CC(=O)OC[C@H]1O[C@@H](Oc2n[nH]c(C(C)C)c2Cc2ccc(/C=C/CCN3CCC4(CC3)CCN(C(=O)OC(C)(C)C)CC4)cc2C)C(OC(C)=O)[C@@H](OC(C)=O)[C@@H]1OC(C)=O. The molecule has 5 rings (SSSR count). The molecule has 342 valence electrons. The number of aromatic amines is 1. The van der Waals surface area contributed by atoms with Crippen molar-refractivity contribution in [2.45, 2.75) is 150 Å². The number of aryl methyl sites for hydroxylation is 1. The Morgan fingerprint density at radius 2 is 1.50 bits per heavy atom. The molecule has 5 atom stereocenters. The van der Waals surface area contributed by atoms with Crippen LogP contribution in [-0.4, -0.2) is 126 Å². The minimum Gasteiger partial charge on any atom is -0.463 e. The molecule has 0 radical (unpaired) electrons. The number of piperidine rings is 2. The lowest BCUT2D eigenvalue weighted by atomic mass is 9.71. The van der Waals surface area contributed by atoms with E-state index in [-0.39, 0.29) is 24.5 Å². The smallest absolute Gasteiger partial charge is 0.410 e. The first-order chi connectivity index (χ1) is 29.2. The van der Waals surface area contributed by atoms with E-state index >= 15 is 0 Å². The monoisotopic (exact) mass is 866 g/mol. The Morgan fingerprint density at radius 3 is 2.08 bits per heavy atom. The molecule has 2 aromatic rings. The number of aromatic nitrogens is 2. The van der Waals surface area contributed by atoms with Crippen LogP contribution >= 0.6 is 0 Å². The van der Waals surface area contributed by atoms with E-state index in [4.69, 9.17) is 33.2 Å². The third-order valence-corrected chi connectivity index (χ3v) is 11.7. The van der Waals surface area contributed by atoms with Crippen LogP contribution in [0.15, 0.2) is 24.3 Å². The number of esters is 4. The fraction of sp³-hybridized carbons (Fsp3) is 0.652. The summed E-state index contributed by atoms with van der Waals surface area (Å²) >= 11 is 0. The van der Waals surface area contributed by atoms with Crippen molar-refractivity contribution >= 4 is 36.0 Å². The van der Waals surface area contributed by atoms with Crippen LogP contribution in [0.3, 0.4) is 0 Å². The Morgan fingerprint density at radius 1 is 0.887 bits per heavy atom. The maximum absolute atomic E-state index is 12.6. The highest BCUT2D eigenvalue weighted by molar-refractivity contribution is 5.69. The van der Waals surface area contributed by atoms with E-state index in [0.717, 1.165) is 92.8 Å². The summed E-state index contributed by atoms with van der Waals surface area (Å²) in [5.41, 5.74) is 4.60. The lowest BCUT2D eigenvalue weighted by Crippen LogP contribution is -2.63. The van der Waals surface area contributed by atoms with Gasteiger partial charge in [0.25, 0.3) is 0 Å². The molecule has 3 saturated heterocycles. The lowest BCUT2D eigenvalue weighted by molar-refractivity contribution is -0.289. The fourth-order valence-electron chi connectivity index (χ4n) is 8.43. The van der Waals surface area contributed by atoms with Gasteiger partial charge in [0, 0.05) is 65.0 Å². The summed E-state index contributed by atoms with van der Waals surface area (Å²) in [5, 5.41) is 7.59. The van der Waals surface area contributed by atoms with Gasteiger partial charge in [0.05, 0.1) is 0 Å². The second-order valence-corrected chi connectivity index (χ2v) is 18.1. The Kier molecular flexibility index (Phi) is 16.2. The Hall–Kier alpha value is -4.96. The summed E-state index contributed by atoms with van der Waals surface area (Å²) in [5.74, 6) is -2.61. The number of benzene rings is 1. The summed E-state index contributed by atoms with van der Waals surface area (Å²) in [6.07, 6.45) is 3.30. The van der Waals surface area contributed by atoms with Crippen LogP contribution in [-0.2, 0) is 54.0 Å². The van der Waals surface area contributed by atoms with E-state index in [2.05, 4.69) is 52.4 Å². The molecule has 1 aromatic carbocycles. The van der Waals surface area contributed by atoms with Gasteiger partial charge in [-0.1, -0.05) is 44.2 Å². The number of nitrogens with one attached hydrogen (secondary N) is 1. The van der Waals surface area contributed by atoms with Crippen molar-refractivity contribution in [1.29, 1.82) is 0 Å². The molecular formula is C46H66N4O12. The second-order valence-electron chi connectivity index (χ2n) is 18.1. The van der Waals surface area contributed by atoms with Gasteiger partial charge in [-0.05, 0) is 101 Å². The van der Waals surface area contributed by atoms with E-state index in [1.807, 2.05) is 39.5 Å². The van der Waals surface area contributed by atoms with Crippen molar-refractivity contribution in [3.05, 3.63) is 52.2 Å². The molecule has 0 saturated carbocycles. The number of H-pyrrole nitrogens is 1. The van der Waals surface area contributed by atoms with Gasteiger partial charge in [0.2, 0.25) is 18.3 Å². The van der Waals surface area contributed by atoms with E-state index in [1.54, 1.807) is 0 Å². The third-order valence-electron chi connectivity index (χ3n) is 11.7. The minimum atomic E-state index is -1.42. The van der Waals surface area contributed by atoms with E-state index in [0.29, 0.717) is 11.8 Å². The lowest BCUT2D eigenvalue weighted by Gasteiger charge is -2.46. The van der Waals surface area contributed by atoms with Crippen molar-refractivity contribution in [1.82, 2.24) is 20.0 Å². The molecular weight excluding hydrogens is 801 g/mol. The number of carbonyl (C=O) groups excluding carboxylic acids is 5. The van der Waals surface area contributed by atoms with Crippen molar-refractivity contribution < 1.29 is 57.1 Å². The quantitative estimate of drug-likeness (QED) is 0.162. The molecule has 4 heterocycles. The number of likely N-dealkylation sites (tertiary alicyclic amines) is 2. The first-order valence-electron chi connectivity index (χ1n) is 21.7. The Labute approximate surface area is 365 Å². The molecule has 0 bridgehead atoms. The van der Waals surface area contributed by atoms with Gasteiger partial charge in [-0.2, -0.15) is 0 Å². The van der Waals surface area contributed by atoms with Crippen LogP contribution in [0.5, 0.6) is 5.88 Å². The normalized spacial score (nSPS) is 23.0. The summed E-state index contributed by atoms with van der Waals surface area (Å²) < 4.78 is 40.1. The van der Waals surface area contributed by atoms with Crippen LogP contribution in [0.25, 0.3) is 6.08 Å². The Balaban J connectivity index is 1.23. The number of amides is 1. The highest BCUT2D eigenvalue weighted by atomic mass is 16.7. The van der Waals surface area contributed by atoms with E-state index in [9.17, 15) is 24.0 Å². The highest BCUT2D eigenvalue weighted by Crippen LogP contribution is 2.42. The molecule has 1 unspecified atom stereocenters. The summed E-state index contributed by atoms with van der Waals surface area (Å²) in [6, 6.07) is 6.32. The molecule has 16 nitrogen and oxygen atoms in total. The predicted molar refractivity (Wildman–Crippen MR) is 228 cm³/mol. The number of nitrogens with zero attached hydrogens (tertiary/aromatic N) is 3. The summed E-state index contributed by atoms with van der Waals surface area (Å²) in [7, 11) is 0. The minimum absolute atomic E-state index is 0.0235. The van der Waals surface area contributed by atoms with Crippen molar-refractivity contribution in [3.63, 3.8) is 0 Å². The van der Waals surface area contributed by atoms with E-state index < -0.39 is 60.2 Å². The summed E-state index contributed by atoms with van der Waals surface area (Å²) in [4.78, 5) is 65.7. The van der Waals surface area contributed by atoms with Crippen LogP contribution < -0.4 is 4.74 Å². The molecule has 1 N–H and O–H groups in total. The van der Waals surface area contributed by atoms with E-state index in [1.165, 1.54) is 27.7 Å². The molecule has 3 fully saturated rings. The largest absolute Gasteiger partial charge is 0.463 e. The molecule has 62 heavy (non-hydrogen) atoms. The van der Waals surface area contributed by atoms with Gasteiger partial charge in [0.15, 0.2) is 12.2 Å². The average molecular weight is 867 g/mol. The molecule has 1 amide bonds. The Bertz CT molecular complexity index is 1920. The number of hydrogen-bond donors (Lipinski definition) is 1. The molecule has 16 heteroatoms. The number of ether oxygens (including phenoxy) is 7. The maximum atomic E-state index is 12.6. The molecule has 3 aliphatic rings. The molecule has 0 aliphatic carbocycles. The number of hydrogen-bond acceptors (Lipinski definition) is 14. The van der Waals surface area contributed by atoms with Gasteiger partial charge in [-0.25, -0.2) is 4.79 Å². The van der Waals surface area contributed by atoms with Crippen molar-refractivity contribution in [2.24, 2.45) is 5.41 Å². The second kappa shape index (κ2) is 20.9. The first-order valence-corrected chi connectivity index (χ1v) is 21.7. The van der Waals surface area contributed by atoms with Crippen molar-refractivity contribution in [3.8, 4) is 5.88 Å². The van der Waals surface area contributed by atoms with Gasteiger partial charge < -0.3 is 43.0 Å². The molecule has 1 aromatic heterocycles. The molecule has 1 spiro atoms. The first kappa shape index (κ1) is 48.1. The van der Waals surface area contributed by atoms with Crippen LogP contribution in [0.1, 0.15) is 128 Å². The van der Waals surface area contributed by atoms with Gasteiger partial charge in [0.1, 0.15) is 18.3 Å². The third kappa shape index (κ3) is 13.3. The van der Waals surface area contributed by atoms with Gasteiger partial charge >= 0.3 is 30.0 Å². The predicted octanol–water partition coefficient (Wildman–Crippen LogP) is 6.41. The molecule has 3 aliphatic heterocycles. The topological polar surface area (TPSA) is 185 Å². The fourth-order valence-corrected chi connectivity index (χ4v) is 8.43. The van der Waals surface area contributed by atoms with Crippen LogP contribution in [0.4, 0.5) is 4.79 Å². The number of rotatable bonds is 14. The maximum Gasteiger partial charge on any atom is 0.410 e. The van der Waals surface area contributed by atoms with Crippen LogP contribution in [0.2, 0.25) is 0 Å². The number of carbonyl (C=O) groups is 5. The van der Waals surface area contributed by atoms with Gasteiger partial charge in [-0.15, -0.1) is 5.10 Å². The zero-order valence-electron chi connectivity index (χ0n) is 38.1. The zero-order chi connectivity index (χ0) is 45.4. The van der Waals surface area contributed by atoms with Gasteiger partial charge in [-0.3, -0.25) is 24.3 Å². The average Bonchev–Trinajstić information content (AvgIpc) is 3.57. The zero-order valence-corrected chi connectivity index (χ0v) is 38.1. The standard InChI is InChI=1S/C46H66N4O12/c1-28(2)38-36(42(48-47-38)61-43-41(59-33(7)54)40(58-32(6)53)39(57-31(5)52)37(60-43)27-56-30(4)51)26-35-15-14-34(25-29(35)3)13-11-12-20-49-21-16-46(17-22-49)18-23-50(24-19-46)44(55)62-45(8,9)10/h11,13-15,25,28,37,39-41,43H,12,16-24,26-27H2,1-10H3,(H,47,48)/b13-11+/t37-,39-,40+,41?,43+/m1/s1. The highest BCUT2D eigenvalue weighted by Gasteiger charge is 2.54.